The number of anilines is 1. The Bertz CT molecular complexity index is 435. The molecule has 0 radical (unpaired) electrons. The quantitative estimate of drug-likeness (QED) is 0.821. The molecule has 1 aromatic carbocycles. The number of nitrogens with two attached hydrogens (primary N) is 1. The molecule has 2 fully saturated rings. The number of aliphatic hydroxyl groups is 1. The van der Waals surface area contributed by atoms with E-state index in [0.29, 0.717) is 6.04 Å². The lowest BCUT2D eigenvalue weighted by molar-refractivity contribution is 0.0894. The number of aliphatic hydroxyl groups excluding tert-OH is 1. The molecule has 3 nitrogen and oxygen atoms in total. The molecule has 1 saturated heterocycles. The van der Waals surface area contributed by atoms with Gasteiger partial charge in [0, 0.05) is 18.3 Å². The molecular formula is C16H24N2O. The van der Waals surface area contributed by atoms with E-state index >= 15 is 0 Å². The van der Waals surface area contributed by atoms with Crippen molar-refractivity contribution < 1.29 is 5.11 Å². The molecule has 0 aromatic heterocycles. The Balaban J connectivity index is 1.65. The SMILES string of the molecule is Nc1cccc(C(O)CN2CCC3CCCCC32)c1. The summed E-state index contributed by atoms with van der Waals surface area (Å²) in [6.45, 7) is 1.90. The van der Waals surface area contributed by atoms with Gasteiger partial charge in [0.15, 0.2) is 0 Å². The summed E-state index contributed by atoms with van der Waals surface area (Å²) in [4.78, 5) is 2.50. The van der Waals surface area contributed by atoms with Crippen molar-refractivity contribution in [2.45, 2.75) is 44.2 Å². The standard InChI is InChI=1S/C16H24N2O/c17-14-6-3-5-13(10-14)16(19)11-18-9-8-12-4-1-2-7-15(12)18/h3,5-6,10,12,15-16,19H,1-2,4,7-9,11,17H2. The van der Waals surface area contributed by atoms with Crippen LogP contribution in [0.25, 0.3) is 0 Å². The van der Waals surface area contributed by atoms with Crippen LogP contribution in [0.2, 0.25) is 0 Å². The highest BCUT2D eigenvalue weighted by Crippen LogP contribution is 2.36. The summed E-state index contributed by atoms with van der Waals surface area (Å²) in [6.07, 6.45) is 6.35. The average Bonchev–Trinajstić information content (AvgIpc) is 2.82. The van der Waals surface area contributed by atoms with Crippen LogP contribution in [0.4, 0.5) is 5.69 Å². The molecule has 1 aliphatic carbocycles. The number of β-amino-alcohol motifs (C(OH)–C–C–N with tert-alkyl or cyclic N) is 1. The lowest BCUT2D eigenvalue weighted by Crippen LogP contribution is -2.37. The van der Waals surface area contributed by atoms with Gasteiger partial charge in [-0.3, -0.25) is 4.90 Å². The molecule has 0 spiro atoms. The maximum atomic E-state index is 10.4. The molecule has 3 N–H and O–H groups in total. The molecule has 1 saturated carbocycles. The number of rotatable bonds is 3. The molecule has 1 heterocycles. The minimum atomic E-state index is -0.413. The highest BCUT2D eigenvalue weighted by atomic mass is 16.3. The van der Waals surface area contributed by atoms with Crippen LogP contribution in [0.5, 0.6) is 0 Å². The Kier molecular flexibility index (Phi) is 3.76. The summed E-state index contributed by atoms with van der Waals surface area (Å²) >= 11 is 0. The number of fused-ring (bicyclic) bond motifs is 1. The predicted octanol–water partition coefficient (Wildman–Crippen LogP) is 2.57. The molecule has 1 aliphatic heterocycles. The third-order valence-corrected chi connectivity index (χ3v) is 4.83. The number of likely N-dealkylation sites (tertiary alicyclic amines) is 1. The van der Waals surface area contributed by atoms with Crippen LogP contribution >= 0.6 is 0 Å². The van der Waals surface area contributed by atoms with Gasteiger partial charge < -0.3 is 10.8 Å². The van der Waals surface area contributed by atoms with E-state index in [1.807, 2.05) is 24.3 Å². The smallest absolute Gasteiger partial charge is 0.0917 e. The second-order valence-electron chi connectivity index (χ2n) is 6.08. The van der Waals surface area contributed by atoms with E-state index in [2.05, 4.69) is 4.90 Å². The van der Waals surface area contributed by atoms with Crippen molar-refractivity contribution in [1.29, 1.82) is 0 Å². The van der Waals surface area contributed by atoms with Gasteiger partial charge in [0.2, 0.25) is 0 Å². The monoisotopic (exact) mass is 260 g/mol. The Morgan fingerprint density at radius 3 is 2.95 bits per heavy atom. The molecule has 3 heteroatoms. The van der Waals surface area contributed by atoms with Gasteiger partial charge in [0.25, 0.3) is 0 Å². The van der Waals surface area contributed by atoms with Gasteiger partial charge in [-0.2, -0.15) is 0 Å². The number of hydrogen-bond donors (Lipinski definition) is 2. The van der Waals surface area contributed by atoms with E-state index in [0.717, 1.165) is 30.3 Å². The first-order valence-corrected chi connectivity index (χ1v) is 7.51. The predicted molar refractivity (Wildman–Crippen MR) is 77.8 cm³/mol. The summed E-state index contributed by atoms with van der Waals surface area (Å²) in [7, 11) is 0. The van der Waals surface area contributed by atoms with Crippen LogP contribution in [0.1, 0.15) is 43.8 Å². The maximum absolute atomic E-state index is 10.4. The van der Waals surface area contributed by atoms with Gasteiger partial charge in [-0.15, -0.1) is 0 Å². The first-order valence-electron chi connectivity index (χ1n) is 7.51. The fraction of sp³-hybridized carbons (Fsp3) is 0.625. The Labute approximate surface area is 115 Å². The van der Waals surface area contributed by atoms with Gasteiger partial charge in [-0.05, 0) is 49.4 Å². The minimum absolute atomic E-state index is 0.413. The summed E-state index contributed by atoms with van der Waals surface area (Å²) in [5.74, 6) is 0.877. The van der Waals surface area contributed by atoms with E-state index in [9.17, 15) is 5.11 Å². The van der Waals surface area contributed by atoms with E-state index in [1.165, 1.54) is 32.1 Å². The van der Waals surface area contributed by atoms with Crippen LogP contribution in [-0.4, -0.2) is 29.1 Å². The molecule has 19 heavy (non-hydrogen) atoms. The van der Waals surface area contributed by atoms with Crippen molar-refractivity contribution in [2.75, 3.05) is 18.8 Å². The van der Waals surface area contributed by atoms with Crippen molar-refractivity contribution in [3.8, 4) is 0 Å². The second kappa shape index (κ2) is 5.51. The summed E-state index contributed by atoms with van der Waals surface area (Å²) in [5, 5.41) is 10.4. The first kappa shape index (κ1) is 12.9. The van der Waals surface area contributed by atoms with Crippen LogP contribution in [0.3, 0.4) is 0 Å². The van der Waals surface area contributed by atoms with Gasteiger partial charge in [0.05, 0.1) is 6.10 Å². The molecule has 2 aliphatic rings. The minimum Gasteiger partial charge on any atom is -0.399 e. The van der Waals surface area contributed by atoms with Crippen LogP contribution in [0, 0.1) is 5.92 Å². The van der Waals surface area contributed by atoms with Gasteiger partial charge in [0.1, 0.15) is 0 Å². The zero-order valence-electron chi connectivity index (χ0n) is 11.5. The normalized spacial score (nSPS) is 29.1. The van der Waals surface area contributed by atoms with E-state index in [4.69, 9.17) is 5.73 Å². The van der Waals surface area contributed by atoms with Crippen LogP contribution in [0.15, 0.2) is 24.3 Å². The molecule has 104 valence electrons. The summed E-state index contributed by atoms with van der Waals surface area (Å²) in [5.41, 5.74) is 7.46. The van der Waals surface area contributed by atoms with Gasteiger partial charge in [-0.25, -0.2) is 0 Å². The number of benzene rings is 1. The third-order valence-electron chi connectivity index (χ3n) is 4.83. The lowest BCUT2D eigenvalue weighted by atomic mass is 9.85. The molecule has 3 rings (SSSR count). The van der Waals surface area contributed by atoms with Crippen molar-refractivity contribution in [3.05, 3.63) is 29.8 Å². The Hall–Kier alpha value is -1.06. The molecule has 1 aromatic rings. The zero-order chi connectivity index (χ0) is 13.2. The van der Waals surface area contributed by atoms with Crippen LogP contribution in [-0.2, 0) is 0 Å². The van der Waals surface area contributed by atoms with Crippen molar-refractivity contribution >= 4 is 5.69 Å². The van der Waals surface area contributed by atoms with Crippen molar-refractivity contribution in [3.63, 3.8) is 0 Å². The Morgan fingerprint density at radius 2 is 2.11 bits per heavy atom. The number of nitrogens with zero attached hydrogens (tertiary/aromatic N) is 1. The average molecular weight is 260 g/mol. The molecule has 3 atom stereocenters. The van der Waals surface area contributed by atoms with E-state index in [1.54, 1.807) is 0 Å². The maximum Gasteiger partial charge on any atom is 0.0917 e. The van der Waals surface area contributed by atoms with E-state index < -0.39 is 6.10 Å². The largest absolute Gasteiger partial charge is 0.399 e. The summed E-state index contributed by atoms with van der Waals surface area (Å²) in [6, 6.07) is 8.35. The zero-order valence-corrected chi connectivity index (χ0v) is 11.5. The van der Waals surface area contributed by atoms with Crippen molar-refractivity contribution in [1.82, 2.24) is 4.90 Å². The van der Waals surface area contributed by atoms with Crippen LogP contribution < -0.4 is 5.73 Å². The fourth-order valence-electron chi connectivity index (χ4n) is 3.82. The van der Waals surface area contributed by atoms with Gasteiger partial charge >= 0.3 is 0 Å². The Morgan fingerprint density at radius 1 is 1.26 bits per heavy atom. The number of hydrogen-bond acceptors (Lipinski definition) is 3. The molecular weight excluding hydrogens is 236 g/mol. The van der Waals surface area contributed by atoms with Gasteiger partial charge in [-0.1, -0.05) is 25.0 Å². The summed E-state index contributed by atoms with van der Waals surface area (Å²) < 4.78 is 0. The molecule has 3 unspecified atom stereocenters. The highest BCUT2D eigenvalue weighted by Gasteiger charge is 2.36. The highest BCUT2D eigenvalue weighted by molar-refractivity contribution is 5.41. The second-order valence-corrected chi connectivity index (χ2v) is 6.08. The fourth-order valence-corrected chi connectivity index (χ4v) is 3.82. The van der Waals surface area contributed by atoms with E-state index in [-0.39, 0.29) is 0 Å². The molecule has 0 bridgehead atoms. The first-order chi connectivity index (χ1) is 9.24. The lowest BCUT2D eigenvalue weighted by Gasteiger charge is -2.32. The molecule has 0 amide bonds. The van der Waals surface area contributed by atoms with Crippen molar-refractivity contribution in [2.24, 2.45) is 5.92 Å². The third kappa shape index (κ3) is 2.77. The number of nitrogen functional groups attached to an aromatic ring is 1. The topological polar surface area (TPSA) is 49.5 Å².